The van der Waals surface area contributed by atoms with E-state index in [-0.39, 0.29) is 18.0 Å². The van der Waals surface area contributed by atoms with E-state index in [4.69, 9.17) is 17.0 Å². The summed E-state index contributed by atoms with van der Waals surface area (Å²) < 4.78 is 31.0. The minimum atomic E-state index is -3.13. The van der Waals surface area contributed by atoms with Gasteiger partial charge in [-0.1, -0.05) is 19.1 Å². The van der Waals surface area contributed by atoms with Gasteiger partial charge in [0.05, 0.1) is 23.8 Å². The minimum Gasteiger partial charge on any atom is -0.442 e. The van der Waals surface area contributed by atoms with Crippen LogP contribution < -0.4 is 15.1 Å². The highest BCUT2D eigenvalue weighted by molar-refractivity contribution is 7.89. The van der Waals surface area contributed by atoms with Gasteiger partial charge in [-0.3, -0.25) is 4.90 Å². The maximum Gasteiger partial charge on any atom is 0.414 e. The lowest BCUT2D eigenvalue weighted by molar-refractivity contribution is 0.143. The molecule has 160 valence electrons. The number of thiocarbonyl (C=S) groups is 1. The van der Waals surface area contributed by atoms with E-state index in [2.05, 4.69) is 10.2 Å². The summed E-state index contributed by atoms with van der Waals surface area (Å²) in [5, 5.41) is 3.11. The molecule has 1 aromatic rings. The highest BCUT2D eigenvalue weighted by Crippen LogP contribution is 2.25. The third kappa shape index (κ3) is 5.18. The Morgan fingerprint density at radius 2 is 1.76 bits per heavy atom. The van der Waals surface area contributed by atoms with Gasteiger partial charge in [-0.15, -0.1) is 0 Å². The van der Waals surface area contributed by atoms with E-state index in [0.29, 0.717) is 39.3 Å². The Labute approximate surface area is 177 Å². The van der Waals surface area contributed by atoms with Crippen LogP contribution in [0.5, 0.6) is 0 Å². The van der Waals surface area contributed by atoms with Gasteiger partial charge < -0.3 is 15.0 Å². The Morgan fingerprint density at radius 1 is 1.14 bits per heavy atom. The van der Waals surface area contributed by atoms with Crippen LogP contribution in [-0.2, 0) is 14.8 Å². The molecule has 2 fully saturated rings. The number of benzene rings is 1. The summed E-state index contributed by atoms with van der Waals surface area (Å²) in [4.78, 5) is 16.8. The molecule has 0 bridgehead atoms. The predicted octanol–water partition coefficient (Wildman–Crippen LogP) is 1.81. The van der Waals surface area contributed by atoms with E-state index in [1.54, 1.807) is 16.1 Å². The lowest BCUT2D eigenvalue weighted by atomic mass is 10.2. The lowest BCUT2D eigenvalue weighted by Crippen LogP contribution is -2.49. The summed E-state index contributed by atoms with van der Waals surface area (Å²) in [5.74, 6) is 0.133. The summed E-state index contributed by atoms with van der Waals surface area (Å²) in [7, 11) is -3.13. The molecule has 10 heteroatoms. The van der Waals surface area contributed by atoms with Crippen LogP contribution in [0.1, 0.15) is 20.3 Å². The molecular weight excluding hydrogens is 412 g/mol. The van der Waals surface area contributed by atoms with Crippen molar-refractivity contribution in [3.8, 4) is 0 Å². The molecule has 0 radical (unpaired) electrons. The lowest BCUT2D eigenvalue weighted by Gasteiger charge is -2.35. The molecule has 0 saturated carbocycles. The highest BCUT2D eigenvalue weighted by atomic mass is 32.2. The largest absolute Gasteiger partial charge is 0.442 e. The summed E-state index contributed by atoms with van der Waals surface area (Å²) in [6.07, 6.45) is 0.172. The Balaban J connectivity index is 1.57. The molecule has 8 nitrogen and oxygen atoms in total. The van der Waals surface area contributed by atoms with Gasteiger partial charge in [-0.2, -0.15) is 4.31 Å². The zero-order valence-electron chi connectivity index (χ0n) is 16.8. The van der Waals surface area contributed by atoms with Crippen LogP contribution in [0.3, 0.4) is 0 Å². The molecule has 0 aromatic heterocycles. The quantitative estimate of drug-likeness (QED) is 0.648. The van der Waals surface area contributed by atoms with Crippen molar-refractivity contribution in [3.05, 3.63) is 24.3 Å². The third-order valence-electron chi connectivity index (χ3n) is 5.25. The van der Waals surface area contributed by atoms with Crippen molar-refractivity contribution in [2.24, 2.45) is 0 Å². The van der Waals surface area contributed by atoms with Gasteiger partial charge in [0.2, 0.25) is 10.0 Å². The smallest absolute Gasteiger partial charge is 0.414 e. The van der Waals surface area contributed by atoms with Crippen LogP contribution in [0.25, 0.3) is 0 Å². The van der Waals surface area contributed by atoms with Crippen molar-refractivity contribution >= 4 is 44.7 Å². The summed E-state index contributed by atoms with van der Waals surface area (Å²) in [6.45, 7) is 6.91. The molecule has 0 aliphatic carbocycles. The number of nitrogens with zero attached hydrogens (tertiary/aromatic N) is 3. The van der Waals surface area contributed by atoms with E-state index in [9.17, 15) is 13.2 Å². The van der Waals surface area contributed by atoms with Crippen molar-refractivity contribution in [2.75, 3.05) is 54.8 Å². The number of cyclic esters (lactones) is 1. The monoisotopic (exact) mass is 440 g/mol. The van der Waals surface area contributed by atoms with Crippen molar-refractivity contribution < 1.29 is 17.9 Å². The van der Waals surface area contributed by atoms with E-state index in [1.165, 1.54) is 0 Å². The Kier molecular flexibility index (Phi) is 6.97. The van der Waals surface area contributed by atoms with Gasteiger partial charge in [0, 0.05) is 37.6 Å². The number of hydrogen-bond acceptors (Lipinski definition) is 6. The molecule has 3 rings (SSSR count). The molecule has 2 saturated heterocycles. The molecule has 1 atom stereocenters. The second-order valence-corrected chi connectivity index (χ2v) is 9.83. The number of hydrogen-bond donors (Lipinski definition) is 1. The Hall–Kier alpha value is -1.91. The maximum absolute atomic E-state index is 12.2. The van der Waals surface area contributed by atoms with Crippen molar-refractivity contribution in [1.29, 1.82) is 0 Å². The van der Waals surface area contributed by atoms with Crippen LogP contribution in [-0.4, -0.2) is 74.9 Å². The average molecular weight is 441 g/mol. The van der Waals surface area contributed by atoms with Crippen LogP contribution in [0.15, 0.2) is 24.3 Å². The van der Waals surface area contributed by atoms with E-state index in [1.807, 2.05) is 31.2 Å². The van der Waals surface area contributed by atoms with Crippen molar-refractivity contribution in [3.63, 3.8) is 0 Å². The number of amides is 1. The van der Waals surface area contributed by atoms with Crippen molar-refractivity contribution in [2.45, 2.75) is 26.4 Å². The summed E-state index contributed by atoms with van der Waals surface area (Å²) in [6, 6.07) is 7.73. The second kappa shape index (κ2) is 9.27. The fraction of sp³-hybridized carbons (Fsp3) is 0.579. The zero-order valence-corrected chi connectivity index (χ0v) is 18.5. The number of ether oxygens (including phenoxy) is 1. The fourth-order valence-electron chi connectivity index (χ4n) is 3.44. The zero-order chi connectivity index (χ0) is 21.0. The maximum atomic E-state index is 12.2. The van der Waals surface area contributed by atoms with Gasteiger partial charge in [0.25, 0.3) is 0 Å². The van der Waals surface area contributed by atoms with Crippen LogP contribution >= 0.6 is 12.2 Å². The number of anilines is 2. The van der Waals surface area contributed by atoms with Crippen LogP contribution in [0, 0.1) is 0 Å². The molecule has 2 aliphatic rings. The van der Waals surface area contributed by atoms with Gasteiger partial charge in [0.1, 0.15) is 6.10 Å². The first-order valence-electron chi connectivity index (χ1n) is 9.91. The molecular formula is C19H28N4O4S2. The van der Waals surface area contributed by atoms with E-state index >= 15 is 0 Å². The van der Waals surface area contributed by atoms with Gasteiger partial charge in [0.15, 0.2) is 0 Å². The first-order valence-corrected chi connectivity index (χ1v) is 11.9. The number of piperazine rings is 1. The molecule has 29 heavy (non-hydrogen) atoms. The van der Waals surface area contributed by atoms with Crippen LogP contribution in [0.2, 0.25) is 0 Å². The normalized spacial score (nSPS) is 20.6. The molecule has 1 N–H and O–H groups in total. The minimum absolute atomic E-state index is 0.133. The molecule has 1 amide bonds. The third-order valence-corrected chi connectivity index (χ3v) is 7.56. The second-order valence-electron chi connectivity index (χ2n) is 7.08. The summed E-state index contributed by atoms with van der Waals surface area (Å²) in [5.41, 5.74) is 1.80. The molecule has 1 aromatic carbocycles. The highest BCUT2D eigenvalue weighted by Gasteiger charge is 2.32. The van der Waals surface area contributed by atoms with Gasteiger partial charge in [-0.05, 0) is 37.6 Å². The number of carbonyl (C=O) groups is 1. The standard InChI is InChI=1S/C19H28N4O4S2/c1-3-18(28)20-13-17-14-23(19(24)27-17)16-7-5-15(6-8-16)21-9-11-22(12-10-21)29(25,26)4-2/h5-8,17H,3-4,9-14H2,1-2H3,(H,20,28)/t17-/m0/s1. The van der Waals surface area contributed by atoms with Gasteiger partial charge in [-0.25, -0.2) is 13.2 Å². The molecule has 0 spiro atoms. The Bertz CT molecular complexity index is 836. The summed E-state index contributed by atoms with van der Waals surface area (Å²) >= 11 is 5.15. The van der Waals surface area contributed by atoms with Crippen LogP contribution in [0.4, 0.5) is 16.2 Å². The number of nitrogens with one attached hydrogen (secondary N) is 1. The molecule has 2 heterocycles. The van der Waals surface area contributed by atoms with Crippen molar-refractivity contribution in [1.82, 2.24) is 9.62 Å². The number of sulfonamides is 1. The molecule has 2 aliphatic heterocycles. The van der Waals surface area contributed by atoms with E-state index in [0.717, 1.165) is 22.8 Å². The van der Waals surface area contributed by atoms with Gasteiger partial charge >= 0.3 is 6.09 Å². The topological polar surface area (TPSA) is 82.2 Å². The first-order chi connectivity index (χ1) is 13.8. The number of carbonyl (C=O) groups excluding carboxylic acids is 1. The Morgan fingerprint density at radius 3 is 2.34 bits per heavy atom. The predicted molar refractivity (Wildman–Crippen MR) is 118 cm³/mol. The fourth-order valence-corrected chi connectivity index (χ4v) is 4.61. The van der Waals surface area contributed by atoms with E-state index < -0.39 is 10.0 Å². The SMILES string of the molecule is CCC(=S)NC[C@H]1CN(c2ccc(N3CCN(S(=O)(=O)CC)CC3)cc2)C(=O)O1. The number of rotatable bonds is 7. The first kappa shape index (κ1) is 21.8. The average Bonchev–Trinajstić information content (AvgIpc) is 3.12. The molecule has 0 unspecified atom stereocenters.